The van der Waals surface area contributed by atoms with E-state index in [-0.39, 0.29) is 0 Å². The zero-order valence-corrected chi connectivity index (χ0v) is 14.7. The Bertz CT molecular complexity index is 409. The monoisotopic (exact) mass is 422 g/mol. The van der Waals surface area contributed by atoms with Gasteiger partial charge in [0.25, 0.3) is 0 Å². The molecule has 1 aromatic carbocycles. The van der Waals surface area contributed by atoms with Crippen molar-refractivity contribution < 1.29 is 0 Å². The summed E-state index contributed by atoms with van der Waals surface area (Å²) in [4.78, 5) is 2.51. The van der Waals surface area contributed by atoms with Crippen LogP contribution in [0.3, 0.4) is 0 Å². The number of hydrogen-bond acceptors (Lipinski definition) is 2. The van der Waals surface area contributed by atoms with Crippen molar-refractivity contribution in [2.45, 2.75) is 38.8 Å². The first-order chi connectivity index (χ1) is 8.56. The van der Waals surface area contributed by atoms with Gasteiger partial charge in [0, 0.05) is 33.2 Å². The van der Waals surface area contributed by atoms with Crippen LogP contribution in [-0.2, 0) is 0 Å². The van der Waals surface area contributed by atoms with Crippen LogP contribution >= 0.6 is 38.5 Å². The standard InChI is InChI=1S/C14H20BrIN2/c1-10(2)17-12-4-3-7-18(9-12)14-8-11(15)5-6-13(14)16/h5-6,8,10,12,17H,3-4,7,9H2,1-2H3. The van der Waals surface area contributed by atoms with Gasteiger partial charge in [-0.15, -0.1) is 0 Å². The molecule has 1 aromatic rings. The summed E-state index contributed by atoms with van der Waals surface area (Å²) in [5.41, 5.74) is 1.36. The third-order valence-electron chi connectivity index (χ3n) is 3.24. The summed E-state index contributed by atoms with van der Waals surface area (Å²) >= 11 is 6.00. The highest BCUT2D eigenvalue weighted by molar-refractivity contribution is 14.1. The number of nitrogens with one attached hydrogen (secondary N) is 1. The van der Waals surface area contributed by atoms with Crippen LogP contribution < -0.4 is 10.2 Å². The molecule has 1 saturated heterocycles. The smallest absolute Gasteiger partial charge is 0.0513 e. The molecule has 18 heavy (non-hydrogen) atoms. The number of hydrogen-bond donors (Lipinski definition) is 1. The van der Waals surface area contributed by atoms with Gasteiger partial charge < -0.3 is 10.2 Å². The van der Waals surface area contributed by atoms with Gasteiger partial charge in [-0.25, -0.2) is 0 Å². The molecule has 0 spiro atoms. The molecule has 100 valence electrons. The number of nitrogens with zero attached hydrogens (tertiary/aromatic N) is 1. The van der Waals surface area contributed by atoms with Crippen LogP contribution in [0.25, 0.3) is 0 Å². The third kappa shape index (κ3) is 3.84. The molecule has 1 unspecified atom stereocenters. The molecule has 0 bridgehead atoms. The van der Waals surface area contributed by atoms with Gasteiger partial charge in [0.05, 0.1) is 5.69 Å². The molecule has 1 N–H and O–H groups in total. The van der Waals surface area contributed by atoms with E-state index >= 15 is 0 Å². The zero-order valence-electron chi connectivity index (χ0n) is 10.9. The summed E-state index contributed by atoms with van der Waals surface area (Å²) in [6.45, 7) is 6.73. The molecular weight excluding hydrogens is 403 g/mol. The number of halogens is 2. The highest BCUT2D eigenvalue weighted by Crippen LogP contribution is 2.28. The van der Waals surface area contributed by atoms with Crippen molar-refractivity contribution in [1.82, 2.24) is 5.32 Å². The van der Waals surface area contributed by atoms with Crippen molar-refractivity contribution in [3.8, 4) is 0 Å². The summed E-state index contributed by atoms with van der Waals surface area (Å²) in [5, 5.41) is 3.66. The fourth-order valence-electron chi connectivity index (χ4n) is 2.53. The van der Waals surface area contributed by atoms with Gasteiger partial charge in [0.2, 0.25) is 0 Å². The average molecular weight is 423 g/mol. The minimum Gasteiger partial charge on any atom is -0.369 e. The highest BCUT2D eigenvalue weighted by Gasteiger charge is 2.21. The number of benzene rings is 1. The lowest BCUT2D eigenvalue weighted by atomic mass is 10.0. The largest absolute Gasteiger partial charge is 0.369 e. The second kappa shape index (κ2) is 6.57. The molecule has 2 rings (SSSR count). The van der Waals surface area contributed by atoms with Crippen LogP contribution in [0.5, 0.6) is 0 Å². The van der Waals surface area contributed by atoms with Crippen molar-refractivity contribution in [1.29, 1.82) is 0 Å². The van der Waals surface area contributed by atoms with Crippen LogP contribution in [0, 0.1) is 3.57 Å². The van der Waals surface area contributed by atoms with Crippen molar-refractivity contribution >= 4 is 44.2 Å². The molecular formula is C14H20BrIN2. The van der Waals surface area contributed by atoms with Gasteiger partial charge in [0.1, 0.15) is 0 Å². The molecule has 2 nitrogen and oxygen atoms in total. The Morgan fingerprint density at radius 2 is 2.22 bits per heavy atom. The van der Waals surface area contributed by atoms with Gasteiger partial charge in [-0.05, 0) is 53.6 Å². The lowest BCUT2D eigenvalue weighted by Gasteiger charge is -2.36. The molecule has 1 atom stereocenters. The molecule has 1 heterocycles. The van der Waals surface area contributed by atoms with Crippen LogP contribution in [0.1, 0.15) is 26.7 Å². The quantitative estimate of drug-likeness (QED) is 0.740. The van der Waals surface area contributed by atoms with Crippen LogP contribution in [-0.4, -0.2) is 25.2 Å². The normalized spacial score (nSPS) is 20.5. The number of anilines is 1. The summed E-state index contributed by atoms with van der Waals surface area (Å²) in [5.74, 6) is 0. The van der Waals surface area contributed by atoms with Gasteiger partial charge in [-0.2, -0.15) is 0 Å². The van der Waals surface area contributed by atoms with E-state index in [9.17, 15) is 0 Å². The Morgan fingerprint density at radius 1 is 1.44 bits per heavy atom. The maximum absolute atomic E-state index is 3.66. The summed E-state index contributed by atoms with van der Waals surface area (Å²) in [6, 6.07) is 7.71. The molecule has 1 aliphatic rings. The second-order valence-electron chi connectivity index (χ2n) is 5.20. The van der Waals surface area contributed by atoms with Gasteiger partial charge in [-0.1, -0.05) is 29.8 Å². The fraction of sp³-hybridized carbons (Fsp3) is 0.571. The Hall–Kier alpha value is 0.190. The summed E-state index contributed by atoms with van der Waals surface area (Å²) < 4.78 is 2.50. The Kier molecular flexibility index (Phi) is 5.33. The minimum atomic E-state index is 0.566. The number of piperidine rings is 1. The van der Waals surface area contributed by atoms with E-state index in [1.165, 1.54) is 28.6 Å². The first-order valence-corrected chi connectivity index (χ1v) is 8.39. The molecule has 4 heteroatoms. The SMILES string of the molecule is CC(C)NC1CCCN(c2cc(Br)ccc2I)C1. The predicted octanol–water partition coefficient (Wildman–Crippen LogP) is 4.02. The summed E-state index contributed by atoms with van der Waals surface area (Å²) in [7, 11) is 0. The van der Waals surface area contributed by atoms with Gasteiger partial charge in [0.15, 0.2) is 0 Å². The molecule has 0 aromatic heterocycles. The van der Waals surface area contributed by atoms with Crippen LogP contribution in [0.4, 0.5) is 5.69 Å². The van der Waals surface area contributed by atoms with Crippen molar-refractivity contribution in [3.05, 3.63) is 26.2 Å². The van der Waals surface area contributed by atoms with Gasteiger partial charge >= 0.3 is 0 Å². The maximum atomic E-state index is 3.66. The Balaban J connectivity index is 2.10. The molecule has 0 amide bonds. The minimum absolute atomic E-state index is 0.566. The van der Waals surface area contributed by atoms with E-state index in [1.807, 2.05) is 0 Å². The van der Waals surface area contributed by atoms with Crippen LogP contribution in [0.2, 0.25) is 0 Å². The van der Waals surface area contributed by atoms with Crippen molar-refractivity contribution in [2.24, 2.45) is 0 Å². The highest BCUT2D eigenvalue weighted by atomic mass is 127. The van der Waals surface area contributed by atoms with Crippen molar-refractivity contribution in [3.63, 3.8) is 0 Å². The molecule has 0 saturated carbocycles. The molecule has 0 radical (unpaired) electrons. The van der Waals surface area contributed by atoms with Crippen LogP contribution in [0.15, 0.2) is 22.7 Å². The second-order valence-corrected chi connectivity index (χ2v) is 7.28. The average Bonchev–Trinajstić information content (AvgIpc) is 2.32. The predicted molar refractivity (Wildman–Crippen MR) is 90.4 cm³/mol. The Labute approximate surface area is 132 Å². The molecule has 1 fully saturated rings. The maximum Gasteiger partial charge on any atom is 0.0513 e. The Morgan fingerprint density at radius 3 is 2.94 bits per heavy atom. The van der Waals surface area contributed by atoms with Gasteiger partial charge in [-0.3, -0.25) is 0 Å². The van der Waals surface area contributed by atoms with E-state index in [1.54, 1.807) is 0 Å². The topological polar surface area (TPSA) is 15.3 Å². The van der Waals surface area contributed by atoms with Crippen molar-refractivity contribution in [2.75, 3.05) is 18.0 Å². The van der Waals surface area contributed by atoms with E-state index in [2.05, 4.69) is 80.8 Å². The lowest BCUT2D eigenvalue weighted by Crippen LogP contribution is -2.48. The first kappa shape index (κ1) is 14.6. The summed E-state index contributed by atoms with van der Waals surface area (Å²) in [6.07, 6.45) is 2.56. The number of rotatable bonds is 3. The molecule has 1 aliphatic heterocycles. The fourth-order valence-corrected chi connectivity index (χ4v) is 3.56. The van der Waals surface area contributed by atoms with E-state index in [0.717, 1.165) is 11.0 Å². The third-order valence-corrected chi connectivity index (χ3v) is 4.64. The first-order valence-electron chi connectivity index (χ1n) is 6.52. The van der Waals surface area contributed by atoms with E-state index in [4.69, 9.17) is 0 Å². The van der Waals surface area contributed by atoms with E-state index < -0.39 is 0 Å². The lowest BCUT2D eigenvalue weighted by molar-refractivity contribution is 0.394. The van der Waals surface area contributed by atoms with E-state index in [0.29, 0.717) is 12.1 Å². The zero-order chi connectivity index (χ0) is 13.1. The molecule has 0 aliphatic carbocycles.